The molecule has 15 heavy (non-hydrogen) atoms. The molecule has 0 saturated heterocycles. The van der Waals surface area contributed by atoms with E-state index < -0.39 is 5.91 Å². The molecule has 0 atom stereocenters. The molecule has 0 spiro atoms. The van der Waals surface area contributed by atoms with Crippen molar-refractivity contribution in [3.8, 4) is 0 Å². The van der Waals surface area contributed by atoms with Crippen molar-refractivity contribution in [2.75, 3.05) is 12.4 Å². The highest BCUT2D eigenvalue weighted by Gasteiger charge is 2.03. The van der Waals surface area contributed by atoms with Gasteiger partial charge in [0.2, 0.25) is 16.9 Å². The number of carbonyl (C=O) groups excluding carboxylic acids is 2. The molecule has 0 aromatic carbocycles. The Labute approximate surface area is 90.4 Å². The van der Waals surface area contributed by atoms with Crippen molar-refractivity contribution < 1.29 is 9.59 Å². The van der Waals surface area contributed by atoms with Crippen molar-refractivity contribution in [3.63, 3.8) is 0 Å². The molecule has 0 aliphatic heterocycles. The van der Waals surface area contributed by atoms with Crippen LogP contribution in [0, 0.1) is 6.92 Å². The summed E-state index contributed by atoms with van der Waals surface area (Å²) in [6.07, 6.45) is 2.28. The number of hydrogen-bond donors (Lipinski definition) is 2. The van der Waals surface area contributed by atoms with Gasteiger partial charge in [0.1, 0.15) is 5.01 Å². The molecule has 0 unspecified atom stereocenters. The van der Waals surface area contributed by atoms with Gasteiger partial charge in [0.05, 0.1) is 0 Å². The lowest BCUT2D eigenvalue weighted by molar-refractivity contribution is -0.117. The van der Waals surface area contributed by atoms with Gasteiger partial charge in [-0.15, -0.1) is 10.2 Å². The van der Waals surface area contributed by atoms with E-state index >= 15 is 0 Å². The van der Waals surface area contributed by atoms with Gasteiger partial charge < -0.3 is 5.32 Å². The lowest BCUT2D eigenvalue weighted by Crippen LogP contribution is -2.16. The molecule has 1 rings (SSSR count). The molecule has 1 aromatic heterocycles. The van der Waals surface area contributed by atoms with E-state index in [0.717, 1.165) is 17.2 Å². The van der Waals surface area contributed by atoms with Crippen LogP contribution < -0.4 is 10.6 Å². The lowest BCUT2D eigenvalue weighted by atomic mass is 10.4. The standard InChI is InChI=1S/C8H10N4O2S/c1-5-11-12-8(15-5)10-7(14)4-3-6(13)9-2/h3-4H,1-2H3,(H,9,13)(H,10,12,14)/b4-3+. The second-order valence-electron chi connectivity index (χ2n) is 2.56. The van der Waals surface area contributed by atoms with Gasteiger partial charge >= 0.3 is 0 Å². The van der Waals surface area contributed by atoms with E-state index in [1.807, 2.05) is 0 Å². The highest BCUT2D eigenvalue weighted by atomic mass is 32.1. The summed E-state index contributed by atoms with van der Waals surface area (Å²) in [6.45, 7) is 1.79. The van der Waals surface area contributed by atoms with E-state index in [1.165, 1.54) is 18.4 Å². The molecule has 0 aliphatic rings. The maximum Gasteiger partial charge on any atom is 0.250 e. The van der Waals surface area contributed by atoms with Crippen LogP contribution in [0.4, 0.5) is 5.13 Å². The molecule has 2 N–H and O–H groups in total. The topological polar surface area (TPSA) is 84.0 Å². The monoisotopic (exact) mass is 226 g/mol. The number of nitrogens with zero attached hydrogens (tertiary/aromatic N) is 2. The van der Waals surface area contributed by atoms with Crippen LogP contribution in [0.25, 0.3) is 0 Å². The maximum absolute atomic E-state index is 11.2. The van der Waals surface area contributed by atoms with Crippen molar-refractivity contribution in [1.82, 2.24) is 15.5 Å². The third-order valence-corrected chi connectivity index (χ3v) is 2.14. The summed E-state index contributed by atoms with van der Waals surface area (Å²) in [5.41, 5.74) is 0. The van der Waals surface area contributed by atoms with E-state index in [1.54, 1.807) is 6.92 Å². The fourth-order valence-electron chi connectivity index (χ4n) is 0.729. The number of nitrogens with one attached hydrogen (secondary N) is 2. The number of rotatable bonds is 3. The van der Waals surface area contributed by atoms with Crippen molar-refractivity contribution in [2.24, 2.45) is 0 Å². The smallest absolute Gasteiger partial charge is 0.250 e. The van der Waals surface area contributed by atoms with Crippen LogP contribution in [0.3, 0.4) is 0 Å². The van der Waals surface area contributed by atoms with Gasteiger partial charge in [0.25, 0.3) is 0 Å². The van der Waals surface area contributed by atoms with E-state index in [0.29, 0.717) is 5.13 Å². The fourth-order valence-corrected chi connectivity index (χ4v) is 1.32. The van der Waals surface area contributed by atoms with Crippen LogP contribution in [0.2, 0.25) is 0 Å². The summed E-state index contributed by atoms with van der Waals surface area (Å²) in [7, 11) is 1.48. The van der Waals surface area contributed by atoms with E-state index in [9.17, 15) is 9.59 Å². The van der Waals surface area contributed by atoms with Crippen molar-refractivity contribution >= 4 is 28.3 Å². The molecular formula is C8H10N4O2S. The summed E-state index contributed by atoms with van der Waals surface area (Å²) in [4.78, 5) is 22.0. The molecule has 1 heterocycles. The Kier molecular flexibility index (Phi) is 3.92. The summed E-state index contributed by atoms with van der Waals surface area (Å²) in [6, 6.07) is 0. The number of amides is 2. The Morgan fingerprint density at radius 2 is 1.93 bits per heavy atom. The number of likely N-dealkylation sites (N-methyl/N-ethyl adjacent to an activating group) is 1. The molecule has 0 radical (unpaired) electrons. The Bertz CT molecular complexity index is 399. The molecule has 2 amide bonds. The lowest BCUT2D eigenvalue weighted by Gasteiger charge is -1.93. The SMILES string of the molecule is CNC(=O)/C=C/C(=O)Nc1nnc(C)s1. The number of aromatic nitrogens is 2. The van der Waals surface area contributed by atoms with E-state index in [-0.39, 0.29) is 5.91 Å². The van der Waals surface area contributed by atoms with Gasteiger partial charge in [-0.25, -0.2) is 0 Å². The van der Waals surface area contributed by atoms with Crippen LogP contribution in [0.1, 0.15) is 5.01 Å². The van der Waals surface area contributed by atoms with Crippen molar-refractivity contribution in [1.29, 1.82) is 0 Å². The normalized spacial score (nSPS) is 10.3. The molecule has 80 valence electrons. The van der Waals surface area contributed by atoms with Crippen molar-refractivity contribution in [3.05, 3.63) is 17.2 Å². The maximum atomic E-state index is 11.2. The van der Waals surface area contributed by atoms with Crippen LogP contribution in [0.15, 0.2) is 12.2 Å². The van der Waals surface area contributed by atoms with Crippen LogP contribution in [-0.2, 0) is 9.59 Å². The number of aryl methyl sites for hydroxylation is 1. The van der Waals surface area contributed by atoms with Crippen LogP contribution >= 0.6 is 11.3 Å². The first-order chi connectivity index (χ1) is 7.11. The first-order valence-corrected chi connectivity index (χ1v) is 4.94. The van der Waals surface area contributed by atoms with Gasteiger partial charge in [0.15, 0.2) is 0 Å². The Balaban J connectivity index is 2.50. The number of hydrogen-bond acceptors (Lipinski definition) is 5. The molecule has 0 fully saturated rings. The number of carbonyl (C=O) groups is 2. The van der Waals surface area contributed by atoms with Crippen LogP contribution in [-0.4, -0.2) is 29.1 Å². The predicted molar refractivity (Wildman–Crippen MR) is 56.5 cm³/mol. The molecule has 0 saturated carbocycles. The largest absolute Gasteiger partial charge is 0.356 e. The average Bonchev–Trinajstić information content (AvgIpc) is 2.60. The molecule has 7 heteroatoms. The molecule has 0 bridgehead atoms. The first kappa shape index (κ1) is 11.3. The quantitative estimate of drug-likeness (QED) is 0.715. The zero-order valence-electron chi connectivity index (χ0n) is 8.27. The second-order valence-corrected chi connectivity index (χ2v) is 3.74. The van der Waals surface area contributed by atoms with Gasteiger partial charge in [-0.2, -0.15) is 0 Å². The highest BCUT2D eigenvalue weighted by Crippen LogP contribution is 2.13. The second kappa shape index (κ2) is 5.20. The molecule has 0 aliphatic carbocycles. The summed E-state index contributed by atoms with van der Waals surface area (Å²) in [5.74, 6) is -0.742. The zero-order valence-corrected chi connectivity index (χ0v) is 9.09. The van der Waals surface area contributed by atoms with Gasteiger partial charge in [0, 0.05) is 19.2 Å². The molecular weight excluding hydrogens is 216 g/mol. The molecule has 6 nitrogen and oxygen atoms in total. The van der Waals surface area contributed by atoms with E-state index in [2.05, 4.69) is 20.8 Å². The van der Waals surface area contributed by atoms with E-state index in [4.69, 9.17) is 0 Å². The summed E-state index contributed by atoms with van der Waals surface area (Å²) >= 11 is 1.27. The number of anilines is 1. The van der Waals surface area contributed by atoms with Gasteiger partial charge in [-0.05, 0) is 6.92 Å². The Morgan fingerprint density at radius 1 is 1.27 bits per heavy atom. The van der Waals surface area contributed by atoms with Crippen molar-refractivity contribution in [2.45, 2.75) is 6.92 Å². The third kappa shape index (κ3) is 3.86. The minimum atomic E-state index is -0.408. The molecule has 1 aromatic rings. The summed E-state index contributed by atoms with van der Waals surface area (Å²) < 4.78 is 0. The third-order valence-electron chi connectivity index (χ3n) is 1.39. The fraction of sp³-hybridized carbons (Fsp3) is 0.250. The first-order valence-electron chi connectivity index (χ1n) is 4.12. The van der Waals surface area contributed by atoms with Gasteiger partial charge in [-0.1, -0.05) is 11.3 Å². The highest BCUT2D eigenvalue weighted by molar-refractivity contribution is 7.15. The van der Waals surface area contributed by atoms with Gasteiger partial charge in [-0.3, -0.25) is 14.9 Å². The zero-order chi connectivity index (χ0) is 11.3. The Hall–Kier alpha value is -1.76. The predicted octanol–water partition coefficient (Wildman–Crippen LogP) is 0.0872. The average molecular weight is 226 g/mol. The Morgan fingerprint density at radius 3 is 2.47 bits per heavy atom. The minimum absolute atomic E-state index is 0.335. The summed E-state index contributed by atoms with van der Waals surface area (Å²) in [5, 5.41) is 13.5. The minimum Gasteiger partial charge on any atom is -0.356 e. The van der Waals surface area contributed by atoms with Crippen LogP contribution in [0.5, 0.6) is 0 Å².